The number of halogens is 2. The lowest BCUT2D eigenvalue weighted by Crippen LogP contribution is -2.20. The van der Waals surface area contributed by atoms with E-state index in [1.165, 1.54) is 13.2 Å². The molecule has 1 N–H and O–H groups in total. The van der Waals surface area contributed by atoms with Crippen LogP contribution in [0, 0.1) is 5.82 Å². The van der Waals surface area contributed by atoms with E-state index >= 15 is 0 Å². The number of Topliss-reactive ketones (excluding diaryl/α,β-unsaturated/α-hetero) is 1. The van der Waals surface area contributed by atoms with E-state index in [1.807, 2.05) is 0 Å². The molecule has 0 spiro atoms. The van der Waals surface area contributed by atoms with E-state index in [1.54, 1.807) is 7.05 Å². The molecule has 0 aliphatic carbocycles. The minimum Gasteiger partial charge on any atom is -0.495 e. The largest absolute Gasteiger partial charge is 0.495 e. The highest BCUT2D eigenvalue weighted by Crippen LogP contribution is 2.30. The van der Waals surface area contributed by atoms with E-state index < -0.39 is 11.6 Å². The molecule has 0 saturated heterocycles. The highest BCUT2D eigenvalue weighted by atomic mass is 35.5. The Morgan fingerprint density at radius 2 is 2.27 bits per heavy atom. The lowest BCUT2D eigenvalue weighted by atomic mass is 10.1. The van der Waals surface area contributed by atoms with Crippen LogP contribution in [0.4, 0.5) is 4.39 Å². The summed E-state index contributed by atoms with van der Waals surface area (Å²) in [4.78, 5) is 11.5. The molecule has 0 bridgehead atoms. The molecule has 1 aromatic carbocycles. The van der Waals surface area contributed by atoms with Crippen molar-refractivity contribution in [3.8, 4) is 5.75 Å². The van der Waals surface area contributed by atoms with Crippen LogP contribution >= 0.6 is 11.6 Å². The zero-order valence-electron chi connectivity index (χ0n) is 8.43. The normalized spacial score (nSPS) is 10.1. The molecule has 1 aromatic rings. The molecule has 82 valence electrons. The van der Waals surface area contributed by atoms with E-state index in [2.05, 4.69) is 5.32 Å². The highest BCUT2D eigenvalue weighted by Gasteiger charge is 2.18. The molecule has 0 aliphatic heterocycles. The summed E-state index contributed by atoms with van der Waals surface area (Å²) in [7, 11) is 3.01. The van der Waals surface area contributed by atoms with Gasteiger partial charge in [0.25, 0.3) is 0 Å². The smallest absolute Gasteiger partial charge is 0.181 e. The summed E-state index contributed by atoms with van der Waals surface area (Å²) in [6.07, 6.45) is 0. The van der Waals surface area contributed by atoms with Crippen molar-refractivity contribution in [3.63, 3.8) is 0 Å². The van der Waals surface area contributed by atoms with Gasteiger partial charge in [-0.15, -0.1) is 0 Å². The number of carbonyl (C=O) groups is 1. The van der Waals surface area contributed by atoms with Gasteiger partial charge in [-0.25, -0.2) is 4.39 Å². The number of benzene rings is 1. The van der Waals surface area contributed by atoms with Crippen molar-refractivity contribution in [2.75, 3.05) is 20.7 Å². The lowest BCUT2D eigenvalue weighted by molar-refractivity contribution is 0.0989. The topological polar surface area (TPSA) is 38.3 Å². The number of likely N-dealkylation sites (N-methyl/N-ethyl adjacent to an activating group) is 1. The molecule has 0 atom stereocenters. The van der Waals surface area contributed by atoms with E-state index in [4.69, 9.17) is 16.3 Å². The summed E-state index contributed by atoms with van der Waals surface area (Å²) >= 11 is 5.83. The van der Waals surface area contributed by atoms with Crippen LogP contribution in [0.25, 0.3) is 0 Å². The minimum absolute atomic E-state index is 0.0118. The van der Waals surface area contributed by atoms with Gasteiger partial charge < -0.3 is 10.1 Å². The fraction of sp³-hybridized carbons (Fsp3) is 0.300. The first-order chi connectivity index (χ1) is 7.11. The second kappa shape index (κ2) is 5.09. The van der Waals surface area contributed by atoms with Crippen LogP contribution in [0.1, 0.15) is 10.4 Å². The Kier molecular flexibility index (Phi) is 4.05. The van der Waals surface area contributed by atoms with E-state index in [-0.39, 0.29) is 22.9 Å². The summed E-state index contributed by atoms with van der Waals surface area (Å²) in [5, 5.41) is 2.65. The summed E-state index contributed by atoms with van der Waals surface area (Å²) < 4.78 is 18.2. The summed E-state index contributed by atoms with van der Waals surface area (Å²) in [5.74, 6) is -0.752. The van der Waals surface area contributed by atoms with Crippen molar-refractivity contribution < 1.29 is 13.9 Å². The monoisotopic (exact) mass is 231 g/mol. The molecule has 1 rings (SSSR count). The van der Waals surface area contributed by atoms with E-state index in [9.17, 15) is 9.18 Å². The van der Waals surface area contributed by atoms with Crippen molar-refractivity contribution in [3.05, 3.63) is 28.5 Å². The number of hydrogen-bond acceptors (Lipinski definition) is 3. The average Bonchev–Trinajstić information content (AvgIpc) is 2.18. The van der Waals surface area contributed by atoms with Crippen molar-refractivity contribution in [1.82, 2.24) is 5.32 Å². The second-order valence-corrected chi connectivity index (χ2v) is 3.27. The molecular formula is C10H11ClFNO2. The maximum Gasteiger partial charge on any atom is 0.181 e. The molecular weight excluding hydrogens is 221 g/mol. The molecule has 0 aromatic heterocycles. The zero-order valence-corrected chi connectivity index (χ0v) is 9.19. The van der Waals surface area contributed by atoms with Gasteiger partial charge in [0.15, 0.2) is 5.78 Å². The van der Waals surface area contributed by atoms with E-state index in [0.29, 0.717) is 0 Å². The second-order valence-electron chi connectivity index (χ2n) is 2.89. The third-order valence-corrected chi connectivity index (χ3v) is 2.27. The molecule has 5 heteroatoms. The highest BCUT2D eigenvalue weighted by molar-refractivity contribution is 6.35. The van der Waals surface area contributed by atoms with Crippen LogP contribution in [-0.4, -0.2) is 26.5 Å². The predicted octanol–water partition coefficient (Wildman–Crippen LogP) is 1.89. The number of methoxy groups -OCH3 is 1. The van der Waals surface area contributed by atoms with Gasteiger partial charge >= 0.3 is 0 Å². The van der Waals surface area contributed by atoms with Crippen LogP contribution in [0.15, 0.2) is 12.1 Å². The maximum atomic E-state index is 13.4. The molecule has 0 amide bonds. The molecule has 3 nitrogen and oxygen atoms in total. The van der Waals surface area contributed by atoms with Gasteiger partial charge in [0, 0.05) is 0 Å². The molecule has 0 saturated carbocycles. The lowest BCUT2D eigenvalue weighted by Gasteiger charge is -2.08. The van der Waals surface area contributed by atoms with Crippen LogP contribution in [0.5, 0.6) is 5.75 Å². The van der Waals surface area contributed by atoms with Crippen LogP contribution < -0.4 is 10.1 Å². The van der Waals surface area contributed by atoms with Gasteiger partial charge in [0.1, 0.15) is 11.6 Å². The Morgan fingerprint density at radius 3 is 2.80 bits per heavy atom. The van der Waals surface area contributed by atoms with Crippen molar-refractivity contribution in [2.45, 2.75) is 0 Å². The van der Waals surface area contributed by atoms with Gasteiger partial charge in [-0.2, -0.15) is 0 Å². The Morgan fingerprint density at radius 1 is 1.60 bits per heavy atom. The first kappa shape index (κ1) is 11.9. The Balaban J connectivity index is 3.20. The SMILES string of the molecule is CNCC(=O)c1c(F)ccc(OC)c1Cl. The molecule has 0 aliphatic rings. The van der Waals surface area contributed by atoms with Gasteiger partial charge in [-0.05, 0) is 19.2 Å². The number of nitrogens with one attached hydrogen (secondary N) is 1. The van der Waals surface area contributed by atoms with Gasteiger partial charge in [-0.3, -0.25) is 4.79 Å². The number of ether oxygens (including phenoxy) is 1. The van der Waals surface area contributed by atoms with Crippen LogP contribution in [0.2, 0.25) is 5.02 Å². The van der Waals surface area contributed by atoms with Crippen LogP contribution in [-0.2, 0) is 0 Å². The fourth-order valence-electron chi connectivity index (χ4n) is 1.20. The third kappa shape index (κ3) is 2.46. The maximum absolute atomic E-state index is 13.4. The van der Waals surface area contributed by atoms with E-state index in [0.717, 1.165) is 6.07 Å². The van der Waals surface area contributed by atoms with Crippen molar-refractivity contribution in [1.29, 1.82) is 0 Å². The fourth-order valence-corrected chi connectivity index (χ4v) is 1.53. The molecule has 0 heterocycles. The van der Waals surface area contributed by atoms with Crippen LogP contribution in [0.3, 0.4) is 0 Å². The minimum atomic E-state index is -0.638. The summed E-state index contributed by atoms with van der Waals surface area (Å²) in [6, 6.07) is 2.54. The molecule has 0 radical (unpaired) electrons. The summed E-state index contributed by atoms with van der Waals surface area (Å²) in [6.45, 7) is 0.0316. The number of hydrogen-bond donors (Lipinski definition) is 1. The average molecular weight is 232 g/mol. The first-order valence-electron chi connectivity index (χ1n) is 4.31. The molecule has 0 unspecified atom stereocenters. The van der Waals surface area contributed by atoms with Gasteiger partial charge in [0.05, 0.1) is 24.2 Å². The summed E-state index contributed by atoms with van der Waals surface area (Å²) in [5.41, 5.74) is -0.134. The Bertz CT molecular complexity index is 382. The molecule has 0 fully saturated rings. The Hall–Kier alpha value is -1.13. The number of carbonyl (C=O) groups excluding carboxylic acids is 1. The molecule has 15 heavy (non-hydrogen) atoms. The van der Waals surface area contributed by atoms with Gasteiger partial charge in [0.2, 0.25) is 0 Å². The number of ketones is 1. The Labute approximate surface area is 92.2 Å². The first-order valence-corrected chi connectivity index (χ1v) is 4.69. The standard InChI is InChI=1S/C10H11ClFNO2/c1-13-5-7(14)9-6(12)3-4-8(15-2)10(9)11/h3-4,13H,5H2,1-2H3. The quantitative estimate of drug-likeness (QED) is 0.805. The zero-order chi connectivity index (χ0) is 11.4. The van der Waals surface area contributed by atoms with Crippen molar-refractivity contribution in [2.24, 2.45) is 0 Å². The third-order valence-electron chi connectivity index (χ3n) is 1.89. The van der Waals surface area contributed by atoms with Crippen molar-refractivity contribution >= 4 is 17.4 Å². The predicted molar refractivity (Wildman–Crippen MR) is 56.2 cm³/mol. The number of rotatable bonds is 4. The van der Waals surface area contributed by atoms with Gasteiger partial charge in [-0.1, -0.05) is 11.6 Å².